The summed E-state index contributed by atoms with van der Waals surface area (Å²) in [6.45, 7) is 1.83. The first kappa shape index (κ1) is 12.7. The van der Waals surface area contributed by atoms with E-state index in [-0.39, 0.29) is 12.4 Å². The van der Waals surface area contributed by atoms with Crippen LogP contribution in [0.5, 0.6) is 0 Å². The third-order valence-corrected chi connectivity index (χ3v) is 4.48. The summed E-state index contributed by atoms with van der Waals surface area (Å²) in [5.41, 5.74) is 1.51. The van der Waals surface area contributed by atoms with Crippen molar-refractivity contribution in [3.63, 3.8) is 0 Å². The average molecular weight is 316 g/mol. The molecule has 1 aromatic heterocycles. The van der Waals surface area contributed by atoms with Gasteiger partial charge < -0.3 is 5.11 Å². The highest BCUT2D eigenvalue weighted by Gasteiger charge is 2.11. The van der Waals surface area contributed by atoms with Gasteiger partial charge in [-0.05, 0) is 46.6 Å². The van der Waals surface area contributed by atoms with E-state index in [0.717, 1.165) is 20.1 Å². The van der Waals surface area contributed by atoms with Crippen LogP contribution in [-0.4, -0.2) is 16.7 Å². The smallest absolute Gasteiger partial charge is 0.126 e. The van der Waals surface area contributed by atoms with Crippen LogP contribution >= 0.6 is 27.3 Å². The van der Waals surface area contributed by atoms with Crippen molar-refractivity contribution in [2.75, 3.05) is 6.61 Å². The second-order valence-electron chi connectivity index (χ2n) is 3.67. The summed E-state index contributed by atoms with van der Waals surface area (Å²) >= 11 is 4.87. The summed E-state index contributed by atoms with van der Waals surface area (Å²) in [6.07, 6.45) is 0.582. The molecule has 0 bridgehead atoms. The molecular formula is C12H11BrFNOS. The van der Waals surface area contributed by atoms with Gasteiger partial charge >= 0.3 is 0 Å². The minimum Gasteiger partial charge on any atom is -0.396 e. The van der Waals surface area contributed by atoms with Crippen molar-refractivity contribution in [2.24, 2.45) is 0 Å². The molecule has 0 saturated carbocycles. The van der Waals surface area contributed by atoms with Crippen LogP contribution in [0.2, 0.25) is 0 Å². The molecule has 0 atom stereocenters. The minimum absolute atomic E-state index is 0.0999. The first-order valence-electron chi connectivity index (χ1n) is 5.14. The van der Waals surface area contributed by atoms with Gasteiger partial charge in [-0.3, -0.25) is 0 Å². The lowest BCUT2D eigenvalue weighted by Gasteiger charge is -1.99. The predicted octanol–water partition coefficient (Wildman–Crippen LogP) is 3.55. The van der Waals surface area contributed by atoms with E-state index in [1.54, 1.807) is 19.1 Å². The SMILES string of the molecule is Cc1cc(-c2nc(Br)c(CCO)s2)ccc1F. The Labute approximate surface area is 111 Å². The number of thiazole rings is 1. The molecule has 1 aromatic carbocycles. The van der Waals surface area contributed by atoms with Crippen LogP contribution in [0.3, 0.4) is 0 Å². The first-order chi connectivity index (χ1) is 8.11. The summed E-state index contributed by atoms with van der Waals surface area (Å²) in [6, 6.07) is 4.95. The molecule has 5 heteroatoms. The van der Waals surface area contributed by atoms with Gasteiger partial charge in [0.2, 0.25) is 0 Å². The predicted molar refractivity (Wildman–Crippen MR) is 70.7 cm³/mol. The average Bonchev–Trinajstić information content (AvgIpc) is 2.65. The van der Waals surface area contributed by atoms with Gasteiger partial charge in [-0.2, -0.15) is 0 Å². The second-order valence-corrected chi connectivity index (χ2v) is 5.51. The van der Waals surface area contributed by atoms with E-state index < -0.39 is 0 Å². The van der Waals surface area contributed by atoms with Gasteiger partial charge in [-0.15, -0.1) is 11.3 Å². The monoisotopic (exact) mass is 315 g/mol. The number of halogens is 2. The van der Waals surface area contributed by atoms with Gasteiger partial charge in [0.15, 0.2) is 0 Å². The third kappa shape index (κ3) is 2.73. The largest absolute Gasteiger partial charge is 0.396 e. The van der Waals surface area contributed by atoms with Gasteiger partial charge in [-0.25, -0.2) is 9.37 Å². The zero-order valence-electron chi connectivity index (χ0n) is 9.20. The Hall–Kier alpha value is -0.780. The van der Waals surface area contributed by atoms with Crippen molar-refractivity contribution in [3.05, 3.63) is 39.1 Å². The van der Waals surface area contributed by atoms with Crippen LogP contribution < -0.4 is 0 Å². The van der Waals surface area contributed by atoms with E-state index in [4.69, 9.17) is 5.11 Å². The lowest BCUT2D eigenvalue weighted by atomic mass is 10.1. The third-order valence-electron chi connectivity index (χ3n) is 2.39. The van der Waals surface area contributed by atoms with Crippen molar-refractivity contribution < 1.29 is 9.50 Å². The highest BCUT2D eigenvalue weighted by molar-refractivity contribution is 9.10. The maximum atomic E-state index is 13.2. The quantitative estimate of drug-likeness (QED) is 0.939. The molecule has 0 aliphatic heterocycles. The molecule has 90 valence electrons. The van der Waals surface area contributed by atoms with Crippen LogP contribution in [0.4, 0.5) is 4.39 Å². The molecule has 0 fully saturated rings. The highest BCUT2D eigenvalue weighted by atomic mass is 79.9. The molecule has 0 radical (unpaired) electrons. The fraction of sp³-hybridized carbons (Fsp3) is 0.250. The van der Waals surface area contributed by atoms with Crippen LogP contribution in [0.25, 0.3) is 10.6 Å². The number of nitrogens with zero attached hydrogens (tertiary/aromatic N) is 1. The Balaban J connectivity index is 2.39. The Morgan fingerprint density at radius 3 is 2.88 bits per heavy atom. The zero-order valence-corrected chi connectivity index (χ0v) is 11.6. The molecule has 2 rings (SSSR count). The van der Waals surface area contributed by atoms with Gasteiger partial charge in [0.1, 0.15) is 15.4 Å². The van der Waals surface area contributed by atoms with Gasteiger partial charge in [0, 0.05) is 23.5 Å². The van der Waals surface area contributed by atoms with Crippen molar-refractivity contribution >= 4 is 27.3 Å². The standard InChI is InChI=1S/C12H11BrFNOS/c1-7-6-8(2-3-9(7)14)12-15-11(13)10(17-12)4-5-16/h2-3,6,16H,4-5H2,1H3. The van der Waals surface area contributed by atoms with Crippen molar-refractivity contribution in [2.45, 2.75) is 13.3 Å². The van der Waals surface area contributed by atoms with E-state index in [0.29, 0.717) is 12.0 Å². The summed E-state index contributed by atoms with van der Waals surface area (Å²) in [5.74, 6) is -0.208. The summed E-state index contributed by atoms with van der Waals surface area (Å²) in [5, 5.41) is 9.75. The number of rotatable bonds is 3. The van der Waals surface area contributed by atoms with Gasteiger partial charge in [-0.1, -0.05) is 0 Å². The molecule has 0 saturated heterocycles. The van der Waals surface area contributed by atoms with Gasteiger partial charge in [0.25, 0.3) is 0 Å². The minimum atomic E-state index is -0.208. The Kier molecular flexibility index (Phi) is 3.91. The number of hydrogen-bond acceptors (Lipinski definition) is 3. The lowest BCUT2D eigenvalue weighted by Crippen LogP contribution is -1.86. The van der Waals surface area contributed by atoms with Crippen LogP contribution in [0.15, 0.2) is 22.8 Å². The molecule has 17 heavy (non-hydrogen) atoms. The number of benzene rings is 1. The number of aryl methyl sites for hydroxylation is 1. The first-order valence-corrected chi connectivity index (χ1v) is 6.75. The molecule has 0 amide bonds. The van der Waals surface area contributed by atoms with E-state index in [1.807, 2.05) is 0 Å². The topological polar surface area (TPSA) is 33.1 Å². The molecule has 1 N–H and O–H groups in total. The lowest BCUT2D eigenvalue weighted by molar-refractivity contribution is 0.300. The van der Waals surface area contributed by atoms with E-state index in [1.165, 1.54) is 17.4 Å². The van der Waals surface area contributed by atoms with E-state index in [9.17, 15) is 4.39 Å². The normalized spacial score (nSPS) is 10.8. The summed E-state index contributed by atoms with van der Waals surface area (Å²) < 4.78 is 13.9. The van der Waals surface area contributed by atoms with Gasteiger partial charge in [0.05, 0.1) is 0 Å². The van der Waals surface area contributed by atoms with Crippen LogP contribution in [0.1, 0.15) is 10.4 Å². The van der Waals surface area contributed by atoms with Crippen LogP contribution in [0, 0.1) is 12.7 Å². The Morgan fingerprint density at radius 2 is 2.24 bits per heavy atom. The highest BCUT2D eigenvalue weighted by Crippen LogP contribution is 2.32. The maximum Gasteiger partial charge on any atom is 0.126 e. The molecule has 0 spiro atoms. The fourth-order valence-corrected chi connectivity index (χ4v) is 3.16. The number of hydrogen-bond donors (Lipinski definition) is 1. The molecule has 1 heterocycles. The number of aromatic nitrogens is 1. The molecule has 2 nitrogen and oxygen atoms in total. The maximum absolute atomic E-state index is 13.2. The van der Waals surface area contributed by atoms with E-state index in [2.05, 4.69) is 20.9 Å². The van der Waals surface area contributed by atoms with E-state index >= 15 is 0 Å². The summed E-state index contributed by atoms with van der Waals surface area (Å²) in [7, 11) is 0. The zero-order chi connectivity index (χ0) is 12.4. The Morgan fingerprint density at radius 1 is 1.47 bits per heavy atom. The summed E-state index contributed by atoms with van der Waals surface area (Å²) in [4.78, 5) is 5.38. The Bertz CT molecular complexity index is 541. The second kappa shape index (κ2) is 5.25. The molecule has 0 aliphatic carbocycles. The molecule has 0 aliphatic rings. The van der Waals surface area contributed by atoms with Crippen molar-refractivity contribution in [1.29, 1.82) is 0 Å². The number of aliphatic hydroxyl groups is 1. The molecule has 2 aromatic rings. The molecular weight excluding hydrogens is 305 g/mol. The van der Waals surface area contributed by atoms with Crippen LogP contribution in [-0.2, 0) is 6.42 Å². The number of aliphatic hydroxyl groups excluding tert-OH is 1. The van der Waals surface area contributed by atoms with Crippen molar-refractivity contribution in [1.82, 2.24) is 4.98 Å². The molecule has 0 unspecified atom stereocenters. The van der Waals surface area contributed by atoms with Crippen molar-refractivity contribution in [3.8, 4) is 10.6 Å². The fourth-order valence-electron chi connectivity index (χ4n) is 1.49.